The van der Waals surface area contributed by atoms with Gasteiger partial charge >= 0.3 is 0 Å². The number of aryl methyl sites for hydroxylation is 3. The second kappa shape index (κ2) is 5.18. The monoisotopic (exact) mass is 253 g/mol. The van der Waals surface area contributed by atoms with E-state index in [4.69, 9.17) is 5.73 Å². The molecule has 2 aromatic carbocycles. The lowest BCUT2D eigenvalue weighted by atomic mass is 9.84. The smallest absolute Gasteiger partial charge is 0.0637 e. The molecule has 1 unspecified atom stereocenters. The minimum Gasteiger partial charge on any atom is -0.318 e. The van der Waals surface area contributed by atoms with E-state index in [0.29, 0.717) is 0 Å². The molecule has 2 aromatic rings. The van der Waals surface area contributed by atoms with Gasteiger partial charge in [0, 0.05) is 0 Å². The highest BCUT2D eigenvalue weighted by molar-refractivity contribution is 5.41. The van der Waals surface area contributed by atoms with Crippen LogP contribution >= 0.6 is 0 Å². The summed E-state index contributed by atoms with van der Waals surface area (Å²) in [4.78, 5) is 0. The minimum absolute atomic E-state index is 0.441. The van der Waals surface area contributed by atoms with Crippen molar-refractivity contribution in [3.8, 4) is 0 Å². The lowest BCUT2D eigenvalue weighted by molar-refractivity contribution is 0.601. The van der Waals surface area contributed by atoms with Gasteiger partial charge in [-0.2, -0.15) is 0 Å². The zero-order chi connectivity index (χ0) is 14.0. The second-order valence-electron chi connectivity index (χ2n) is 5.63. The van der Waals surface area contributed by atoms with Gasteiger partial charge in [-0.1, -0.05) is 60.5 Å². The largest absolute Gasteiger partial charge is 0.318 e. The molecular formula is C18H23N. The molecule has 0 saturated heterocycles. The molecule has 0 radical (unpaired) electrons. The molecule has 0 saturated carbocycles. The fourth-order valence-corrected chi connectivity index (χ4v) is 2.53. The van der Waals surface area contributed by atoms with Gasteiger partial charge in [-0.05, 0) is 43.9 Å². The van der Waals surface area contributed by atoms with Crippen molar-refractivity contribution in [1.29, 1.82) is 0 Å². The van der Waals surface area contributed by atoms with Gasteiger partial charge in [0.2, 0.25) is 0 Å². The van der Waals surface area contributed by atoms with Crippen LogP contribution in [0.3, 0.4) is 0 Å². The Balaban J connectivity index is 2.44. The Morgan fingerprint density at radius 1 is 0.895 bits per heavy atom. The highest BCUT2D eigenvalue weighted by atomic mass is 14.7. The third-order valence-corrected chi connectivity index (χ3v) is 3.78. The molecule has 1 atom stereocenters. The van der Waals surface area contributed by atoms with Crippen LogP contribution in [0.4, 0.5) is 0 Å². The van der Waals surface area contributed by atoms with Crippen LogP contribution in [-0.4, -0.2) is 0 Å². The fraction of sp³-hybridized carbons (Fsp3) is 0.333. The summed E-state index contributed by atoms with van der Waals surface area (Å²) in [6.45, 7) is 8.49. The molecule has 0 aliphatic heterocycles. The molecule has 0 aromatic heterocycles. The summed E-state index contributed by atoms with van der Waals surface area (Å²) in [5.74, 6) is 0. The molecule has 0 heterocycles. The molecule has 19 heavy (non-hydrogen) atoms. The van der Waals surface area contributed by atoms with Crippen molar-refractivity contribution in [3.63, 3.8) is 0 Å². The number of rotatable bonds is 3. The number of hydrogen-bond acceptors (Lipinski definition) is 1. The normalized spacial score (nSPS) is 14.2. The first-order valence-electron chi connectivity index (χ1n) is 6.90. The second-order valence-corrected chi connectivity index (χ2v) is 5.63. The molecule has 0 aliphatic rings. The summed E-state index contributed by atoms with van der Waals surface area (Å²) < 4.78 is 0. The summed E-state index contributed by atoms with van der Waals surface area (Å²) in [6, 6.07) is 15.2. The molecule has 100 valence electrons. The highest BCUT2D eigenvalue weighted by Crippen LogP contribution is 2.28. The molecule has 2 rings (SSSR count). The SMILES string of the molecule is CCc1ccc(C(C)(N)c2cc(C)cc(C)c2)cc1. The first kappa shape index (κ1) is 13.8. The molecule has 0 fully saturated rings. The Morgan fingerprint density at radius 3 is 1.89 bits per heavy atom. The first-order valence-corrected chi connectivity index (χ1v) is 6.90. The van der Waals surface area contributed by atoms with Crippen molar-refractivity contribution in [2.45, 2.75) is 39.7 Å². The molecule has 0 spiro atoms. The third-order valence-electron chi connectivity index (χ3n) is 3.78. The molecule has 0 amide bonds. The minimum atomic E-state index is -0.441. The zero-order valence-electron chi connectivity index (χ0n) is 12.3. The van der Waals surface area contributed by atoms with Crippen LogP contribution in [0.2, 0.25) is 0 Å². The first-order chi connectivity index (χ1) is 8.93. The molecule has 0 aliphatic carbocycles. The van der Waals surface area contributed by atoms with Crippen molar-refractivity contribution < 1.29 is 0 Å². The van der Waals surface area contributed by atoms with Crippen LogP contribution in [0.1, 0.15) is 41.7 Å². The van der Waals surface area contributed by atoms with Gasteiger partial charge in [0.15, 0.2) is 0 Å². The van der Waals surface area contributed by atoms with Gasteiger partial charge in [-0.3, -0.25) is 0 Å². The third kappa shape index (κ3) is 2.87. The number of benzene rings is 2. The maximum absolute atomic E-state index is 6.59. The van der Waals surface area contributed by atoms with Gasteiger partial charge < -0.3 is 5.73 Å². The Hall–Kier alpha value is -1.60. The lowest BCUT2D eigenvalue weighted by Gasteiger charge is -2.27. The van der Waals surface area contributed by atoms with Crippen LogP contribution in [0.5, 0.6) is 0 Å². The van der Waals surface area contributed by atoms with E-state index >= 15 is 0 Å². The van der Waals surface area contributed by atoms with Crippen molar-refractivity contribution in [3.05, 3.63) is 70.3 Å². The van der Waals surface area contributed by atoms with E-state index in [1.807, 2.05) is 0 Å². The Kier molecular flexibility index (Phi) is 3.77. The van der Waals surface area contributed by atoms with Gasteiger partial charge in [0.25, 0.3) is 0 Å². The van der Waals surface area contributed by atoms with E-state index in [-0.39, 0.29) is 0 Å². The average molecular weight is 253 g/mol. The van der Waals surface area contributed by atoms with Crippen molar-refractivity contribution in [1.82, 2.24) is 0 Å². The Morgan fingerprint density at radius 2 is 1.42 bits per heavy atom. The standard InChI is InChI=1S/C18H23N/c1-5-15-6-8-16(9-7-15)18(4,19)17-11-13(2)10-14(3)12-17/h6-12H,5,19H2,1-4H3. The summed E-state index contributed by atoms with van der Waals surface area (Å²) in [5, 5.41) is 0. The number of hydrogen-bond donors (Lipinski definition) is 1. The quantitative estimate of drug-likeness (QED) is 0.876. The number of nitrogens with two attached hydrogens (primary N) is 1. The van der Waals surface area contributed by atoms with E-state index < -0.39 is 5.54 Å². The molecular weight excluding hydrogens is 230 g/mol. The maximum atomic E-state index is 6.59. The van der Waals surface area contributed by atoms with Crippen LogP contribution in [0, 0.1) is 13.8 Å². The molecule has 1 heteroatoms. The molecule has 1 nitrogen and oxygen atoms in total. The van der Waals surface area contributed by atoms with Gasteiger partial charge in [-0.25, -0.2) is 0 Å². The van der Waals surface area contributed by atoms with Crippen molar-refractivity contribution in [2.24, 2.45) is 5.73 Å². The molecule has 0 bridgehead atoms. The summed E-state index contributed by atoms with van der Waals surface area (Å²) >= 11 is 0. The predicted molar refractivity (Wildman–Crippen MR) is 82.4 cm³/mol. The van der Waals surface area contributed by atoms with Crippen LogP contribution in [0.15, 0.2) is 42.5 Å². The van der Waals surface area contributed by atoms with Crippen molar-refractivity contribution >= 4 is 0 Å². The lowest BCUT2D eigenvalue weighted by Crippen LogP contribution is -2.34. The van der Waals surface area contributed by atoms with E-state index in [0.717, 1.165) is 12.0 Å². The van der Waals surface area contributed by atoms with E-state index in [2.05, 4.69) is 70.2 Å². The maximum Gasteiger partial charge on any atom is 0.0637 e. The van der Waals surface area contributed by atoms with Crippen LogP contribution in [-0.2, 0) is 12.0 Å². The average Bonchev–Trinajstić information content (AvgIpc) is 2.37. The van der Waals surface area contributed by atoms with Gasteiger partial charge in [0.1, 0.15) is 0 Å². The van der Waals surface area contributed by atoms with Crippen LogP contribution < -0.4 is 5.73 Å². The summed E-state index contributed by atoms with van der Waals surface area (Å²) in [5.41, 5.74) is 12.4. The van der Waals surface area contributed by atoms with Crippen LogP contribution in [0.25, 0.3) is 0 Å². The summed E-state index contributed by atoms with van der Waals surface area (Å²) in [6.07, 6.45) is 1.06. The molecule has 2 N–H and O–H groups in total. The topological polar surface area (TPSA) is 26.0 Å². The van der Waals surface area contributed by atoms with Gasteiger partial charge in [-0.15, -0.1) is 0 Å². The Bertz CT molecular complexity index is 544. The highest BCUT2D eigenvalue weighted by Gasteiger charge is 2.23. The van der Waals surface area contributed by atoms with E-state index in [9.17, 15) is 0 Å². The van der Waals surface area contributed by atoms with Crippen molar-refractivity contribution in [2.75, 3.05) is 0 Å². The predicted octanol–water partition coefficient (Wildman–Crippen LogP) is 4.09. The van der Waals surface area contributed by atoms with E-state index in [1.165, 1.54) is 22.3 Å². The fourth-order valence-electron chi connectivity index (χ4n) is 2.53. The zero-order valence-corrected chi connectivity index (χ0v) is 12.3. The van der Waals surface area contributed by atoms with Gasteiger partial charge in [0.05, 0.1) is 5.54 Å². The Labute approximate surface area is 116 Å². The van der Waals surface area contributed by atoms with E-state index in [1.54, 1.807) is 0 Å². The summed E-state index contributed by atoms with van der Waals surface area (Å²) in [7, 11) is 0.